The van der Waals surface area contributed by atoms with E-state index in [1.807, 2.05) is 6.92 Å². The van der Waals surface area contributed by atoms with Crippen LogP contribution in [0.5, 0.6) is 0 Å². The van der Waals surface area contributed by atoms with Crippen molar-refractivity contribution in [3.8, 4) is 0 Å². The van der Waals surface area contributed by atoms with E-state index in [9.17, 15) is 0 Å². The molecule has 2 rings (SSSR count). The summed E-state index contributed by atoms with van der Waals surface area (Å²) in [5.74, 6) is 0.752. The van der Waals surface area contributed by atoms with Gasteiger partial charge in [-0.1, -0.05) is 51.5 Å². The molecule has 1 aromatic rings. The average molecular weight is 275 g/mol. The Balaban J connectivity index is 2.19. The SMILES string of the molecule is CCOC(C(N)c1cccc(C2CCC2)c1)C(C)(C)C. The number of benzene rings is 1. The number of hydrogen-bond donors (Lipinski definition) is 1. The van der Waals surface area contributed by atoms with Crippen LogP contribution in [0.2, 0.25) is 0 Å². The highest BCUT2D eigenvalue weighted by molar-refractivity contribution is 5.30. The summed E-state index contributed by atoms with van der Waals surface area (Å²) in [6, 6.07) is 8.77. The molecule has 20 heavy (non-hydrogen) atoms. The van der Waals surface area contributed by atoms with E-state index in [0.717, 1.165) is 5.92 Å². The van der Waals surface area contributed by atoms with E-state index in [0.29, 0.717) is 6.61 Å². The van der Waals surface area contributed by atoms with Crippen LogP contribution >= 0.6 is 0 Å². The molecular weight excluding hydrogens is 246 g/mol. The van der Waals surface area contributed by atoms with E-state index < -0.39 is 0 Å². The molecule has 0 aliphatic heterocycles. The fourth-order valence-corrected chi connectivity index (χ4v) is 3.01. The molecule has 2 nitrogen and oxygen atoms in total. The van der Waals surface area contributed by atoms with Crippen LogP contribution in [0.15, 0.2) is 24.3 Å². The highest BCUT2D eigenvalue weighted by Crippen LogP contribution is 2.38. The van der Waals surface area contributed by atoms with Crippen molar-refractivity contribution in [1.29, 1.82) is 0 Å². The molecule has 0 aromatic heterocycles. The molecule has 0 heterocycles. The fraction of sp³-hybridized carbons (Fsp3) is 0.667. The zero-order valence-electron chi connectivity index (χ0n) is 13.4. The molecule has 112 valence electrons. The minimum atomic E-state index is -0.0602. The highest BCUT2D eigenvalue weighted by Gasteiger charge is 2.32. The van der Waals surface area contributed by atoms with Crippen LogP contribution in [0.25, 0.3) is 0 Å². The third-order valence-electron chi connectivity index (χ3n) is 4.40. The van der Waals surface area contributed by atoms with Crippen molar-refractivity contribution >= 4 is 0 Å². The Labute approximate surface area is 123 Å². The van der Waals surface area contributed by atoms with Crippen LogP contribution < -0.4 is 5.73 Å². The van der Waals surface area contributed by atoms with Crippen molar-refractivity contribution in [2.24, 2.45) is 11.1 Å². The first-order valence-electron chi connectivity index (χ1n) is 7.90. The number of ether oxygens (including phenoxy) is 1. The molecule has 2 unspecified atom stereocenters. The van der Waals surface area contributed by atoms with E-state index in [1.54, 1.807) is 0 Å². The van der Waals surface area contributed by atoms with E-state index in [4.69, 9.17) is 10.5 Å². The summed E-state index contributed by atoms with van der Waals surface area (Å²) < 4.78 is 5.94. The molecule has 1 aliphatic rings. The van der Waals surface area contributed by atoms with Crippen LogP contribution in [-0.4, -0.2) is 12.7 Å². The van der Waals surface area contributed by atoms with Gasteiger partial charge in [0.2, 0.25) is 0 Å². The minimum Gasteiger partial charge on any atom is -0.376 e. The average Bonchev–Trinajstić information content (AvgIpc) is 2.32. The molecule has 2 heteroatoms. The Kier molecular flexibility index (Phi) is 4.87. The maximum Gasteiger partial charge on any atom is 0.0815 e. The van der Waals surface area contributed by atoms with Crippen molar-refractivity contribution in [2.75, 3.05) is 6.61 Å². The molecular formula is C18H29NO. The summed E-state index contributed by atoms with van der Waals surface area (Å²) in [6.45, 7) is 9.34. The lowest BCUT2D eigenvalue weighted by molar-refractivity contribution is -0.0283. The monoisotopic (exact) mass is 275 g/mol. The van der Waals surface area contributed by atoms with Crippen LogP contribution in [-0.2, 0) is 4.74 Å². The number of nitrogens with two attached hydrogens (primary N) is 1. The first kappa shape index (κ1) is 15.5. The van der Waals surface area contributed by atoms with Crippen LogP contribution in [0.3, 0.4) is 0 Å². The molecule has 2 N–H and O–H groups in total. The third-order valence-corrected chi connectivity index (χ3v) is 4.40. The molecule has 1 saturated carbocycles. The summed E-state index contributed by atoms with van der Waals surface area (Å²) in [7, 11) is 0. The maximum atomic E-state index is 6.51. The Morgan fingerprint density at radius 3 is 2.50 bits per heavy atom. The fourth-order valence-electron chi connectivity index (χ4n) is 3.01. The lowest BCUT2D eigenvalue weighted by atomic mass is 9.78. The van der Waals surface area contributed by atoms with Gasteiger partial charge in [-0.15, -0.1) is 0 Å². The lowest BCUT2D eigenvalue weighted by Crippen LogP contribution is -2.39. The molecule has 0 saturated heterocycles. The summed E-state index contributed by atoms with van der Waals surface area (Å²) in [5, 5.41) is 0. The predicted molar refractivity (Wildman–Crippen MR) is 84.8 cm³/mol. The van der Waals surface area contributed by atoms with Crippen molar-refractivity contribution in [3.05, 3.63) is 35.4 Å². The first-order valence-corrected chi connectivity index (χ1v) is 7.90. The quantitative estimate of drug-likeness (QED) is 0.864. The van der Waals surface area contributed by atoms with Gasteiger partial charge in [0.1, 0.15) is 0 Å². The second kappa shape index (κ2) is 6.28. The van der Waals surface area contributed by atoms with Crippen molar-refractivity contribution in [1.82, 2.24) is 0 Å². The standard InChI is InChI=1S/C18H29NO/c1-5-20-17(18(2,3)4)16(19)15-11-7-10-14(12-15)13-8-6-9-13/h7,10-13,16-17H,5-6,8-9,19H2,1-4H3. The van der Waals surface area contributed by atoms with E-state index in [2.05, 4.69) is 45.0 Å². The van der Waals surface area contributed by atoms with Gasteiger partial charge in [0.05, 0.1) is 12.1 Å². The zero-order valence-corrected chi connectivity index (χ0v) is 13.4. The molecule has 0 bridgehead atoms. The molecule has 0 amide bonds. The maximum absolute atomic E-state index is 6.51. The largest absolute Gasteiger partial charge is 0.376 e. The highest BCUT2D eigenvalue weighted by atomic mass is 16.5. The molecule has 1 aromatic carbocycles. The summed E-state index contributed by atoms with van der Waals surface area (Å²) in [4.78, 5) is 0. The normalized spacial score (nSPS) is 19.4. The van der Waals surface area contributed by atoms with Gasteiger partial charge >= 0.3 is 0 Å². The van der Waals surface area contributed by atoms with Crippen LogP contribution in [0.1, 0.15) is 70.0 Å². The first-order chi connectivity index (χ1) is 9.43. The van der Waals surface area contributed by atoms with Gasteiger partial charge < -0.3 is 10.5 Å². The van der Waals surface area contributed by atoms with Gasteiger partial charge in [-0.2, -0.15) is 0 Å². The third kappa shape index (κ3) is 3.42. The Morgan fingerprint density at radius 2 is 2.00 bits per heavy atom. The summed E-state index contributed by atoms with van der Waals surface area (Å²) in [6.07, 6.45) is 4.06. The van der Waals surface area contributed by atoms with Crippen molar-refractivity contribution in [3.63, 3.8) is 0 Å². The van der Waals surface area contributed by atoms with Gasteiger partial charge in [0.25, 0.3) is 0 Å². The molecule has 0 spiro atoms. The second-order valence-electron chi connectivity index (χ2n) is 7.07. The smallest absolute Gasteiger partial charge is 0.0815 e. The lowest BCUT2D eigenvalue weighted by Gasteiger charge is -2.35. The molecule has 1 aliphatic carbocycles. The molecule has 1 fully saturated rings. The van der Waals surface area contributed by atoms with Crippen molar-refractivity contribution in [2.45, 2.75) is 65.0 Å². The van der Waals surface area contributed by atoms with Gasteiger partial charge in [-0.05, 0) is 42.2 Å². The zero-order chi connectivity index (χ0) is 14.8. The molecule has 2 atom stereocenters. The van der Waals surface area contributed by atoms with E-state index in [1.165, 1.54) is 30.4 Å². The van der Waals surface area contributed by atoms with Crippen LogP contribution in [0, 0.1) is 5.41 Å². The number of rotatable bonds is 5. The minimum absolute atomic E-state index is 0.0436. The predicted octanol–water partition coefficient (Wildman–Crippen LogP) is 4.41. The van der Waals surface area contributed by atoms with Gasteiger partial charge in [-0.25, -0.2) is 0 Å². The van der Waals surface area contributed by atoms with Crippen LogP contribution in [0.4, 0.5) is 0 Å². The van der Waals surface area contributed by atoms with E-state index >= 15 is 0 Å². The van der Waals surface area contributed by atoms with Gasteiger partial charge in [0.15, 0.2) is 0 Å². The Hall–Kier alpha value is -0.860. The van der Waals surface area contributed by atoms with Gasteiger partial charge in [0, 0.05) is 6.61 Å². The summed E-state index contributed by atoms with van der Waals surface area (Å²) in [5.41, 5.74) is 9.22. The van der Waals surface area contributed by atoms with Crippen molar-refractivity contribution < 1.29 is 4.74 Å². The van der Waals surface area contributed by atoms with Gasteiger partial charge in [-0.3, -0.25) is 0 Å². The summed E-state index contributed by atoms with van der Waals surface area (Å²) >= 11 is 0. The topological polar surface area (TPSA) is 35.2 Å². The van der Waals surface area contributed by atoms with E-state index in [-0.39, 0.29) is 17.6 Å². The Bertz CT molecular complexity index is 431. The second-order valence-corrected chi connectivity index (χ2v) is 7.07. The molecule has 0 radical (unpaired) electrons. The Morgan fingerprint density at radius 1 is 1.30 bits per heavy atom. The number of hydrogen-bond acceptors (Lipinski definition) is 2.